The number of rotatable bonds is 7. The Labute approximate surface area is 159 Å². The number of hydrogen-bond acceptors (Lipinski definition) is 4. The highest BCUT2D eigenvalue weighted by Crippen LogP contribution is 2.28. The van der Waals surface area contributed by atoms with Crippen LogP contribution in [0.4, 0.5) is 0 Å². The van der Waals surface area contributed by atoms with Crippen LogP contribution in [0.1, 0.15) is 22.8 Å². The average Bonchev–Trinajstić information content (AvgIpc) is 2.73. The smallest absolute Gasteiger partial charge is 0.338 e. The van der Waals surface area contributed by atoms with Crippen molar-refractivity contribution in [2.24, 2.45) is 0 Å². The van der Waals surface area contributed by atoms with Crippen LogP contribution in [0.25, 0.3) is 11.1 Å². The van der Waals surface area contributed by atoms with Crippen molar-refractivity contribution in [2.75, 3.05) is 13.7 Å². The van der Waals surface area contributed by atoms with Crippen molar-refractivity contribution in [2.45, 2.75) is 13.5 Å². The molecule has 0 aliphatic carbocycles. The van der Waals surface area contributed by atoms with Crippen LogP contribution < -0.4 is 9.47 Å². The summed E-state index contributed by atoms with van der Waals surface area (Å²) in [5.74, 6) is 0.720. The zero-order valence-electron chi connectivity index (χ0n) is 15.5. The van der Waals surface area contributed by atoms with Crippen LogP contribution in [-0.2, 0) is 11.3 Å². The summed E-state index contributed by atoms with van der Waals surface area (Å²) in [6.07, 6.45) is 0. The summed E-state index contributed by atoms with van der Waals surface area (Å²) in [5.41, 5.74) is 3.65. The third-order valence-electron chi connectivity index (χ3n) is 4.13. The van der Waals surface area contributed by atoms with E-state index in [4.69, 9.17) is 14.2 Å². The molecule has 0 saturated heterocycles. The van der Waals surface area contributed by atoms with E-state index < -0.39 is 5.97 Å². The van der Waals surface area contributed by atoms with Gasteiger partial charge < -0.3 is 14.2 Å². The van der Waals surface area contributed by atoms with E-state index in [2.05, 4.69) is 12.1 Å². The van der Waals surface area contributed by atoms with Gasteiger partial charge in [-0.1, -0.05) is 54.6 Å². The Morgan fingerprint density at radius 2 is 1.56 bits per heavy atom. The standard InChI is InChI=1S/C23H22O4/c1-3-26-22-15-20(13-14-21(22)25-2)23(24)27-16-17-9-11-19(12-10-17)18-7-5-4-6-8-18/h4-15H,3,16H2,1-2H3. The molecule has 0 aliphatic heterocycles. The van der Waals surface area contributed by atoms with Crippen LogP contribution in [0.5, 0.6) is 11.5 Å². The maximum Gasteiger partial charge on any atom is 0.338 e. The lowest BCUT2D eigenvalue weighted by Crippen LogP contribution is -2.06. The molecule has 0 atom stereocenters. The summed E-state index contributed by atoms with van der Waals surface area (Å²) in [4.78, 5) is 12.3. The maximum atomic E-state index is 12.3. The maximum absolute atomic E-state index is 12.3. The summed E-state index contributed by atoms with van der Waals surface area (Å²) in [7, 11) is 1.56. The zero-order chi connectivity index (χ0) is 19.1. The van der Waals surface area contributed by atoms with Crippen LogP contribution in [0.3, 0.4) is 0 Å². The first kappa shape index (κ1) is 18.5. The van der Waals surface area contributed by atoms with Crippen molar-refractivity contribution in [1.29, 1.82) is 0 Å². The summed E-state index contributed by atoms with van der Waals surface area (Å²) in [6, 6.07) is 23.1. The second-order valence-electron chi connectivity index (χ2n) is 5.94. The monoisotopic (exact) mass is 362 g/mol. The third kappa shape index (κ3) is 4.67. The van der Waals surface area contributed by atoms with Crippen LogP contribution in [0, 0.1) is 0 Å². The molecule has 0 fully saturated rings. The topological polar surface area (TPSA) is 44.8 Å². The Morgan fingerprint density at radius 3 is 2.22 bits per heavy atom. The molecule has 4 heteroatoms. The van der Waals surface area contributed by atoms with Crippen molar-refractivity contribution >= 4 is 5.97 Å². The lowest BCUT2D eigenvalue weighted by atomic mass is 10.0. The molecule has 27 heavy (non-hydrogen) atoms. The fourth-order valence-electron chi connectivity index (χ4n) is 2.73. The minimum Gasteiger partial charge on any atom is -0.493 e. The predicted molar refractivity (Wildman–Crippen MR) is 105 cm³/mol. The lowest BCUT2D eigenvalue weighted by molar-refractivity contribution is 0.0472. The number of ether oxygens (including phenoxy) is 3. The van der Waals surface area contributed by atoms with E-state index >= 15 is 0 Å². The first-order valence-electron chi connectivity index (χ1n) is 8.83. The van der Waals surface area contributed by atoms with Crippen LogP contribution >= 0.6 is 0 Å². The van der Waals surface area contributed by atoms with Gasteiger partial charge in [-0.3, -0.25) is 0 Å². The number of carbonyl (C=O) groups excluding carboxylic acids is 1. The van der Waals surface area contributed by atoms with Crippen LogP contribution in [-0.4, -0.2) is 19.7 Å². The molecule has 0 aromatic heterocycles. The molecule has 3 aromatic rings. The zero-order valence-corrected chi connectivity index (χ0v) is 15.5. The lowest BCUT2D eigenvalue weighted by Gasteiger charge is -2.11. The average molecular weight is 362 g/mol. The minimum atomic E-state index is -0.397. The molecule has 4 nitrogen and oxygen atoms in total. The van der Waals surface area contributed by atoms with Gasteiger partial charge in [0.15, 0.2) is 11.5 Å². The van der Waals surface area contributed by atoms with E-state index in [9.17, 15) is 4.79 Å². The highest BCUT2D eigenvalue weighted by Gasteiger charge is 2.12. The van der Waals surface area contributed by atoms with Crippen molar-refractivity contribution in [1.82, 2.24) is 0 Å². The molecular weight excluding hydrogens is 340 g/mol. The van der Waals surface area contributed by atoms with Gasteiger partial charge in [0.2, 0.25) is 0 Å². The van der Waals surface area contributed by atoms with E-state index in [1.54, 1.807) is 25.3 Å². The predicted octanol–water partition coefficient (Wildman–Crippen LogP) is 5.12. The summed E-state index contributed by atoms with van der Waals surface area (Å²) < 4.78 is 16.2. The molecule has 0 radical (unpaired) electrons. The minimum absolute atomic E-state index is 0.212. The quantitative estimate of drug-likeness (QED) is 0.547. The summed E-state index contributed by atoms with van der Waals surface area (Å²) >= 11 is 0. The Kier molecular flexibility index (Phi) is 6.10. The van der Waals surface area contributed by atoms with Crippen molar-refractivity contribution < 1.29 is 19.0 Å². The van der Waals surface area contributed by atoms with E-state index in [1.165, 1.54) is 0 Å². The Morgan fingerprint density at radius 1 is 0.852 bits per heavy atom. The Balaban J connectivity index is 1.64. The van der Waals surface area contributed by atoms with Gasteiger partial charge in [-0.2, -0.15) is 0 Å². The van der Waals surface area contributed by atoms with Gasteiger partial charge in [0.1, 0.15) is 6.61 Å². The second-order valence-corrected chi connectivity index (χ2v) is 5.94. The first-order valence-corrected chi connectivity index (χ1v) is 8.83. The van der Waals surface area contributed by atoms with E-state index in [-0.39, 0.29) is 6.61 Å². The summed E-state index contributed by atoms with van der Waals surface area (Å²) in [5, 5.41) is 0. The fraction of sp³-hybridized carbons (Fsp3) is 0.174. The van der Waals surface area contributed by atoms with E-state index in [1.807, 2.05) is 49.4 Å². The molecule has 3 rings (SSSR count). The molecule has 0 spiro atoms. The van der Waals surface area contributed by atoms with Crippen molar-refractivity contribution in [3.63, 3.8) is 0 Å². The number of carbonyl (C=O) groups is 1. The van der Waals surface area contributed by atoms with Crippen molar-refractivity contribution in [3.05, 3.63) is 83.9 Å². The van der Waals surface area contributed by atoms with Gasteiger partial charge in [0, 0.05) is 0 Å². The highest BCUT2D eigenvalue weighted by atomic mass is 16.5. The molecule has 0 bridgehead atoms. The van der Waals surface area contributed by atoms with E-state index in [0.717, 1.165) is 16.7 Å². The van der Waals surface area contributed by atoms with Gasteiger partial charge in [0.05, 0.1) is 19.3 Å². The van der Waals surface area contributed by atoms with Gasteiger partial charge in [0.25, 0.3) is 0 Å². The highest BCUT2D eigenvalue weighted by molar-refractivity contribution is 5.90. The Hall–Kier alpha value is -3.27. The van der Waals surface area contributed by atoms with Gasteiger partial charge in [-0.05, 0) is 41.8 Å². The number of methoxy groups -OCH3 is 1. The molecular formula is C23H22O4. The number of esters is 1. The molecule has 0 saturated carbocycles. The first-order chi connectivity index (χ1) is 13.2. The molecule has 0 unspecified atom stereocenters. The fourth-order valence-corrected chi connectivity index (χ4v) is 2.73. The largest absolute Gasteiger partial charge is 0.493 e. The normalized spacial score (nSPS) is 10.3. The molecule has 0 aliphatic rings. The van der Waals surface area contributed by atoms with Gasteiger partial charge in [-0.25, -0.2) is 4.79 Å². The molecule has 3 aromatic carbocycles. The van der Waals surface area contributed by atoms with Gasteiger partial charge >= 0.3 is 5.97 Å². The third-order valence-corrected chi connectivity index (χ3v) is 4.13. The SMILES string of the molecule is CCOc1cc(C(=O)OCc2ccc(-c3ccccc3)cc2)ccc1OC. The van der Waals surface area contributed by atoms with Crippen LogP contribution in [0.2, 0.25) is 0 Å². The molecule has 0 amide bonds. The molecule has 0 N–H and O–H groups in total. The van der Waals surface area contributed by atoms with Crippen LogP contribution in [0.15, 0.2) is 72.8 Å². The van der Waals surface area contributed by atoms with Crippen molar-refractivity contribution in [3.8, 4) is 22.6 Å². The van der Waals surface area contributed by atoms with E-state index in [0.29, 0.717) is 23.7 Å². The number of benzene rings is 3. The summed E-state index contributed by atoms with van der Waals surface area (Å²) in [6.45, 7) is 2.58. The molecule has 138 valence electrons. The number of hydrogen-bond donors (Lipinski definition) is 0. The molecule has 0 heterocycles. The second kappa shape index (κ2) is 8.90. The van der Waals surface area contributed by atoms with Gasteiger partial charge in [-0.15, -0.1) is 0 Å². The Bertz CT molecular complexity index is 886.